The highest BCUT2D eigenvalue weighted by Crippen LogP contribution is 2.17. The second-order valence-electron chi connectivity index (χ2n) is 3.65. The van der Waals surface area contributed by atoms with Gasteiger partial charge in [0.25, 0.3) is 0 Å². The van der Waals surface area contributed by atoms with E-state index >= 15 is 0 Å². The fourth-order valence-electron chi connectivity index (χ4n) is 1.51. The summed E-state index contributed by atoms with van der Waals surface area (Å²) < 4.78 is 15.7. The summed E-state index contributed by atoms with van der Waals surface area (Å²) in [6.07, 6.45) is 2.21. The summed E-state index contributed by atoms with van der Waals surface area (Å²) in [7, 11) is 0. The van der Waals surface area contributed by atoms with Crippen LogP contribution < -0.4 is 5.69 Å². The van der Waals surface area contributed by atoms with E-state index in [9.17, 15) is 9.18 Å². The highest BCUT2D eigenvalue weighted by atomic mass is 79.9. The maximum Gasteiger partial charge on any atom is 0.350 e. The lowest BCUT2D eigenvalue weighted by Gasteiger charge is -2.01. The van der Waals surface area contributed by atoms with Gasteiger partial charge in [-0.3, -0.25) is 0 Å². The van der Waals surface area contributed by atoms with Crippen LogP contribution in [0.1, 0.15) is 6.42 Å². The van der Waals surface area contributed by atoms with Gasteiger partial charge < -0.3 is 0 Å². The average Bonchev–Trinajstić information content (AvgIpc) is 2.72. The summed E-state index contributed by atoms with van der Waals surface area (Å²) in [4.78, 5) is 12.0. The Morgan fingerprint density at radius 3 is 2.89 bits per heavy atom. The molecule has 7 heteroatoms. The van der Waals surface area contributed by atoms with E-state index in [-0.39, 0.29) is 10.7 Å². The third-order valence-electron chi connectivity index (χ3n) is 2.42. The zero-order valence-corrected chi connectivity index (χ0v) is 11.7. The predicted octanol–water partition coefficient (Wildman–Crippen LogP) is 2.61. The molecule has 2 rings (SSSR count). The van der Waals surface area contributed by atoms with Crippen molar-refractivity contribution in [3.05, 3.63) is 45.9 Å². The normalized spacial score (nSPS) is 10.8. The van der Waals surface area contributed by atoms with Gasteiger partial charge in [-0.1, -0.05) is 27.5 Å². The number of alkyl halides is 1. The number of hydrogen-bond acceptors (Lipinski definition) is 2. The largest absolute Gasteiger partial charge is 0.350 e. The number of hydrogen-bond donors (Lipinski definition) is 0. The first-order chi connectivity index (χ1) is 8.63. The molecule has 0 aliphatic carbocycles. The van der Waals surface area contributed by atoms with Crippen LogP contribution in [0.2, 0.25) is 5.02 Å². The Hall–Kier alpha value is -1.14. The molecule has 0 fully saturated rings. The second-order valence-corrected chi connectivity index (χ2v) is 4.85. The van der Waals surface area contributed by atoms with Crippen LogP contribution in [0.4, 0.5) is 4.39 Å². The van der Waals surface area contributed by atoms with Crippen molar-refractivity contribution in [3.8, 4) is 5.69 Å². The second kappa shape index (κ2) is 5.67. The first-order valence-electron chi connectivity index (χ1n) is 5.29. The van der Waals surface area contributed by atoms with E-state index in [2.05, 4.69) is 21.0 Å². The van der Waals surface area contributed by atoms with E-state index in [0.29, 0.717) is 12.2 Å². The molecule has 0 bridgehead atoms. The zero-order valence-electron chi connectivity index (χ0n) is 9.31. The van der Waals surface area contributed by atoms with Gasteiger partial charge in [0.1, 0.15) is 12.1 Å². The molecule has 0 unspecified atom stereocenters. The minimum Gasteiger partial charge on any atom is -0.250 e. The highest BCUT2D eigenvalue weighted by molar-refractivity contribution is 9.09. The highest BCUT2D eigenvalue weighted by Gasteiger charge is 2.08. The van der Waals surface area contributed by atoms with Crippen LogP contribution in [0, 0.1) is 5.82 Å². The molecular weight excluding hydrogens is 324 g/mol. The number of aromatic nitrogens is 3. The third kappa shape index (κ3) is 2.64. The molecule has 0 aliphatic heterocycles. The van der Waals surface area contributed by atoms with Crippen LogP contribution in [0.15, 0.2) is 29.3 Å². The molecule has 2 aromatic rings. The SMILES string of the molecule is O=c1n(-c2ccc(F)c(Cl)c2)cnn1CCCBr. The molecule has 0 atom stereocenters. The van der Waals surface area contributed by atoms with Gasteiger partial charge >= 0.3 is 5.69 Å². The molecule has 18 heavy (non-hydrogen) atoms. The Morgan fingerprint density at radius 2 is 2.22 bits per heavy atom. The Kier molecular flexibility index (Phi) is 4.19. The third-order valence-corrected chi connectivity index (χ3v) is 3.27. The molecule has 96 valence electrons. The van der Waals surface area contributed by atoms with Gasteiger partial charge in [0.05, 0.1) is 10.7 Å². The fourth-order valence-corrected chi connectivity index (χ4v) is 1.94. The van der Waals surface area contributed by atoms with Crippen molar-refractivity contribution in [2.75, 3.05) is 5.33 Å². The van der Waals surface area contributed by atoms with Crippen molar-refractivity contribution in [1.29, 1.82) is 0 Å². The molecule has 0 radical (unpaired) electrons. The maximum absolute atomic E-state index is 13.0. The number of aryl methyl sites for hydroxylation is 1. The Balaban J connectivity index is 2.36. The monoisotopic (exact) mass is 333 g/mol. The maximum atomic E-state index is 13.0. The molecule has 0 aliphatic rings. The zero-order chi connectivity index (χ0) is 13.1. The summed E-state index contributed by atoms with van der Waals surface area (Å²) >= 11 is 8.97. The van der Waals surface area contributed by atoms with Crippen molar-refractivity contribution in [2.24, 2.45) is 0 Å². The van der Waals surface area contributed by atoms with Gasteiger partial charge in [-0.2, -0.15) is 5.10 Å². The van der Waals surface area contributed by atoms with Gasteiger partial charge in [-0.25, -0.2) is 18.4 Å². The van der Waals surface area contributed by atoms with Crippen LogP contribution in [0.25, 0.3) is 5.69 Å². The summed E-state index contributed by atoms with van der Waals surface area (Å²) in [5, 5.41) is 4.77. The lowest BCUT2D eigenvalue weighted by atomic mass is 10.3. The predicted molar refractivity (Wildman–Crippen MR) is 71.2 cm³/mol. The van der Waals surface area contributed by atoms with Crippen molar-refractivity contribution in [1.82, 2.24) is 14.3 Å². The molecule has 0 saturated carbocycles. The van der Waals surface area contributed by atoms with Crippen molar-refractivity contribution >= 4 is 27.5 Å². The summed E-state index contributed by atoms with van der Waals surface area (Å²) in [6.45, 7) is 0.534. The number of halogens is 3. The molecular formula is C11H10BrClFN3O. The minimum absolute atomic E-state index is 0.0207. The molecule has 0 spiro atoms. The molecule has 0 saturated heterocycles. The van der Waals surface area contributed by atoms with Crippen molar-refractivity contribution < 1.29 is 4.39 Å². The van der Waals surface area contributed by atoms with E-state index in [1.807, 2.05) is 0 Å². The topological polar surface area (TPSA) is 39.8 Å². The Bertz CT molecular complexity index is 611. The van der Waals surface area contributed by atoms with E-state index < -0.39 is 5.82 Å². The standard InChI is InChI=1S/C11H10BrClFN3O/c12-4-1-5-17-11(18)16(7-15-17)8-2-3-10(14)9(13)6-8/h2-3,6-7H,1,4-5H2. The van der Waals surface area contributed by atoms with Gasteiger partial charge in [0.15, 0.2) is 0 Å². The number of nitrogens with zero attached hydrogens (tertiary/aromatic N) is 3. The lowest BCUT2D eigenvalue weighted by molar-refractivity contribution is 0.582. The first-order valence-corrected chi connectivity index (χ1v) is 6.79. The van der Waals surface area contributed by atoms with Gasteiger partial charge in [-0.05, 0) is 24.6 Å². The minimum atomic E-state index is -0.514. The van der Waals surface area contributed by atoms with E-state index in [1.165, 1.54) is 33.8 Å². The van der Waals surface area contributed by atoms with E-state index in [0.717, 1.165) is 11.8 Å². The number of rotatable bonds is 4. The van der Waals surface area contributed by atoms with Crippen LogP contribution >= 0.6 is 27.5 Å². The fraction of sp³-hybridized carbons (Fsp3) is 0.273. The van der Waals surface area contributed by atoms with Gasteiger partial charge in [0.2, 0.25) is 0 Å². The van der Waals surface area contributed by atoms with E-state index in [1.54, 1.807) is 0 Å². The summed E-state index contributed by atoms with van der Waals surface area (Å²) in [5.74, 6) is -0.514. The quantitative estimate of drug-likeness (QED) is 0.806. The first kappa shape index (κ1) is 13.3. The van der Waals surface area contributed by atoms with Gasteiger partial charge in [0, 0.05) is 11.9 Å². The summed E-state index contributed by atoms with van der Waals surface area (Å²) in [5.41, 5.74) is 0.232. The Labute approximate surface area is 116 Å². The molecule has 1 heterocycles. The molecule has 4 nitrogen and oxygen atoms in total. The molecule has 1 aromatic heterocycles. The van der Waals surface area contributed by atoms with Crippen LogP contribution in [0.3, 0.4) is 0 Å². The average molecular weight is 335 g/mol. The summed E-state index contributed by atoms with van der Waals surface area (Å²) in [6, 6.07) is 4.11. The molecule has 0 amide bonds. The lowest BCUT2D eigenvalue weighted by Crippen LogP contribution is -2.24. The van der Waals surface area contributed by atoms with E-state index in [4.69, 9.17) is 11.6 Å². The van der Waals surface area contributed by atoms with Crippen molar-refractivity contribution in [3.63, 3.8) is 0 Å². The smallest absolute Gasteiger partial charge is 0.250 e. The Morgan fingerprint density at radius 1 is 1.44 bits per heavy atom. The van der Waals surface area contributed by atoms with Crippen LogP contribution in [-0.2, 0) is 6.54 Å². The van der Waals surface area contributed by atoms with Crippen LogP contribution in [-0.4, -0.2) is 19.7 Å². The van der Waals surface area contributed by atoms with Crippen LogP contribution in [0.5, 0.6) is 0 Å². The van der Waals surface area contributed by atoms with Crippen molar-refractivity contribution in [2.45, 2.75) is 13.0 Å². The van der Waals surface area contributed by atoms with Gasteiger partial charge in [-0.15, -0.1) is 0 Å². The molecule has 0 N–H and O–H groups in total. The number of benzene rings is 1. The molecule has 1 aromatic carbocycles.